The second-order valence-electron chi connectivity index (χ2n) is 8.81. The van der Waals surface area contributed by atoms with E-state index in [4.69, 9.17) is 21.1 Å². The van der Waals surface area contributed by atoms with Crippen molar-refractivity contribution < 1.29 is 19.1 Å². The molecule has 2 atom stereocenters. The highest BCUT2D eigenvalue weighted by molar-refractivity contribution is 6.30. The molecule has 1 fully saturated rings. The first kappa shape index (κ1) is 23.7. The summed E-state index contributed by atoms with van der Waals surface area (Å²) in [4.78, 5) is 27.0. The van der Waals surface area contributed by atoms with Gasteiger partial charge >= 0.3 is 12.1 Å². The van der Waals surface area contributed by atoms with Gasteiger partial charge in [-0.25, -0.2) is 9.59 Å². The Morgan fingerprint density at radius 2 is 1.72 bits per heavy atom. The highest BCUT2D eigenvalue weighted by atomic mass is 35.5. The Hall–Kier alpha value is -2.93. The number of anilines is 1. The number of amides is 3. The fourth-order valence-corrected chi connectivity index (χ4v) is 3.80. The Labute approximate surface area is 194 Å². The predicted octanol–water partition coefficient (Wildman–Crippen LogP) is 5.26. The van der Waals surface area contributed by atoms with Crippen molar-refractivity contribution in [3.8, 4) is 5.75 Å². The summed E-state index contributed by atoms with van der Waals surface area (Å²) in [7, 11) is 1.62. The fourth-order valence-electron chi connectivity index (χ4n) is 3.67. The number of urea groups is 1. The third kappa shape index (κ3) is 6.53. The minimum atomic E-state index is -0.569. The Bertz CT molecular complexity index is 926. The lowest BCUT2D eigenvalue weighted by Gasteiger charge is -2.39. The van der Waals surface area contributed by atoms with Gasteiger partial charge in [0.15, 0.2) is 0 Å². The van der Waals surface area contributed by atoms with E-state index in [1.165, 1.54) is 0 Å². The maximum absolute atomic E-state index is 12.7. The van der Waals surface area contributed by atoms with Crippen molar-refractivity contribution in [2.24, 2.45) is 0 Å². The molecule has 0 radical (unpaired) electrons. The van der Waals surface area contributed by atoms with Crippen LogP contribution in [0.5, 0.6) is 5.75 Å². The van der Waals surface area contributed by atoms with Crippen LogP contribution in [0.25, 0.3) is 0 Å². The van der Waals surface area contributed by atoms with E-state index in [0.717, 1.165) is 11.3 Å². The van der Waals surface area contributed by atoms with Crippen LogP contribution in [0.3, 0.4) is 0 Å². The minimum Gasteiger partial charge on any atom is -0.497 e. The average Bonchev–Trinajstić information content (AvgIpc) is 2.74. The third-order valence-corrected chi connectivity index (χ3v) is 5.48. The lowest BCUT2D eigenvalue weighted by Crippen LogP contribution is -2.52. The summed E-state index contributed by atoms with van der Waals surface area (Å²) in [6.45, 7) is 6.48. The quantitative estimate of drug-likeness (QED) is 0.653. The number of hydrogen-bond acceptors (Lipinski definition) is 4. The first-order valence-corrected chi connectivity index (χ1v) is 11.0. The van der Waals surface area contributed by atoms with Gasteiger partial charge in [-0.3, -0.25) is 0 Å². The first-order chi connectivity index (χ1) is 15.1. The van der Waals surface area contributed by atoms with Crippen molar-refractivity contribution >= 4 is 29.4 Å². The predicted molar refractivity (Wildman–Crippen MR) is 126 cm³/mol. The van der Waals surface area contributed by atoms with Crippen molar-refractivity contribution in [1.29, 1.82) is 0 Å². The van der Waals surface area contributed by atoms with E-state index in [0.29, 0.717) is 30.2 Å². The summed E-state index contributed by atoms with van der Waals surface area (Å²) >= 11 is 5.91. The number of nitrogens with one attached hydrogen (secondary N) is 2. The average molecular weight is 460 g/mol. The Kier molecular flexibility index (Phi) is 7.51. The molecule has 3 amide bonds. The van der Waals surface area contributed by atoms with E-state index in [-0.39, 0.29) is 24.1 Å². The van der Waals surface area contributed by atoms with Gasteiger partial charge in [-0.1, -0.05) is 23.7 Å². The number of rotatable bonds is 4. The van der Waals surface area contributed by atoms with Crippen LogP contribution in [0.15, 0.2) is 48.5 Å². The smallest absolute Gasteiger partial charge is 0.410 e. The molecule has 0 bridgehead atoms. The number of ether oxygens (including phenoxy) is 2. The molecule has 172 valence electrons. The molecule has 8 heteroatoms. The maximum Gasteiger partial charge on any atom is 0.410 e. The molecule has 1 heterocycles. The zero-order chi connectivity index (χ0) is 23.3. The molecule has 3 rings (SSSR count). The SMILES string of the molecule is COc1ccc(C2CN(C(=O)OC(C)(C)C)CCC2NC(=O)Nc2ccc(Cl)cc2)cc1. The van der Waals surface area contributed by atoms with Gasteiger partial charge < -0.3 is 25.0 Å². The molecule has 2 unspecified atom stereocenters. The van der Waals surface area contributed by atoms with Gasteiger partial charge in [0.1, 0.15) is 11.4 Å². The number of carbonyl (C=O) groups is 2. The molecular formula is C24H30ClN3O4. The Balaban J connectivity index is 1.74. The molecule has 1 aliphatic rings. The summed E-state index contributed by atoms with van der Waals surface area (Å²) < 4.78 is 10.8. The normalized spacial score (nSPS) is 18.6. The van der Waals surface area contributed by atoms with E-state index >= 15 is 0 Å². The van der Waals surface area contributed by atoms with Gasteiger partial charge in [0.05, 0.1) is 7.11 Å². The van der Waals surface area contributed by atoms with Crippen molar-refractivity contribution in [2.75, 3.05) is 25.5 Å². The monoisotopic (exact) mass is 459 g/mol. The van der Waals surface area contributed by atoms with Crippen molar-refractivity contribution in [1.82, 2.24) is 10.2 Å². The number of piperidine rings is 1. The molecule has 2 N–H and O–H groups in total. The van der Waals surface area contributed by atoms with Crippen LogP contribution in [0.1, 0.15) is 38.7 Å². The zero-order valence-corrected chi connectivity index (χ0v) is 19.6. The number of nitrogens with zero attached hydrogens (tertiary/aromatic N) is 1. The summed E-state index contributed by atoms with van der Waals surface area (Å²) in [5.74, 6) is 0.650. The Morgan fingerprint density at radius 3 is 2.31 bits per heavy atom. The molecule has 0 aliphatic carbocycles. The van der Waals surface area contributed by atoms with Crippen LogP contribution in [0.2, 0.25) is 5.02 Å². The zero-order valence-electron chi connectivity index (χ0n) is 18.9. The summed E-state index contributed by atoms with van der Waals surface area (Å²) in [6, 6.07) is 14.2. The van der Waals surface area contributed by atoms with Crippen LogP contribution in [0, 0.1) is 0 Å². The topological polar surface area (TPSA) is 79.9 Å². The number of methoxy groups -OCH3 is 1. The lowest BCUT2D eigenvalue weighted by atomic mass is 9.86. The largest absolute Gasteiger partial charge is 0.497 e. The van der Waals surface area contributed by atoms with Crippen LogP contribution < -0.4 is 15.4 Å². The molecule has 1 saturated heterocycles. The van der Waals surface area contributed by atoms with Crippen molar-refractivity contribution in [3.05, 3.63) is 59.1 Å². The van der Waals surface area contributed by atoms with E-state index in [9.17, 15) is 9.59 Å². The van der Waals surface area contributed by atoms with E-state index in [1.807, 2.05) is 45.0 Å². The maximum atomic E-state index is 12.7. The van der Waals surface area contributed by atoms with Crippen molar-refractivity contribution in [2.45, 2.75) is 44.8 Å². The first-order valence-electron chi connectivity index (χ1n) is 10.6. The van der Waals surface area contributed by atoms with Gasteiger partial charge in [0.25, 0.3) is 0 Å². The van der Waals surface area contributed by atoms with Crippen LogP contribution >= 0.6 is 11.6 Å². The minimum absolute atomic E-state index is 0.0989. The second-order valence-corrected chi connectivity index (χ2v) is 9.24. The highest BCUT2D eigenvalue weighted by Crippen LogP contribution is 2.30. The van der Waals surface area contributed by atoms with Gasteiger partial charge in [0, 0.05) is 35.8 Å². The van der Waals surface area contributed by atoms with Crippen LogP contribution in [-0.4, -0.2) is 48.9 Å². The number of halogens is 1. The van der Waals surface area contributed by atoms with Gasteiger partial charge in [0.2, 0.25) is 0 Å². The molecule has 7 nitrogen and oxygen atoms in total. The molecular weight excluding hydrogens is 430 g/mol. The van der Waals surface area contributed by atoms with E-state index in [2.05, 4.69) is 10.6 Å². The van der Waals surface area contributed by atoms with Gasteiger partial charge in [-0.05, 0) is 69.2 Å². The molecule has 0 saturated carbocycles. The third-order valence-electron chi connectivity index (χ3n) is 5.23. The van der Waals surface area contributed by atoms with E-state index < -0.39 is 5.60 Å². The van der Waals surface area contributed by atoms with Crippen LogP contribution in [0.4, 0.5) is 15.3 Å². The summed E-state index contributed by atoms with van der Waals surface area (Å²) in [5, 5.41) is 6.51. The second kappa shape index (κ2) is 10.1. The Morgan fingerprint density at radius 1 is 1.06 bits per heavy atom. The number of hydrogen-bond donors (Lipinski definition) is 2. The molecule has 0 aromatic heterocycles. The molecule has 0 spiro atoms. The lowest BCUT2D eigenvalue weighted by molar-refractivity contribution is 0.0180. The fraction of sp³-hybridized carbons (Fsp3) is 0.417. The molecule has 2 aromatic rings. The molecule has 1 aliphatic heterocycles. The van der Waals surface area contributed by atoms with Gasteiger partial charge in [-0.15, -0.1) is 0 Å². The van der Waals surface area contributed by atoms with E-state index in [1.54, 1.807) is 36.3 Å². The van der Waals surface area contributed by atoms with Crippen molar-refractivity contribution in [3.63, 3.8) is 0 Å². The number of benzene rings is 2. The summed E-state index contributed by atoms with van der Waals surface area (Å²) in [5.41, 5.74) is 1.09. The molecule has 2 aromatic carbocycles. The highest BCUT2D eigenvalue weighted by Gasteiger charge is 2.35. The molecule has 32 heavy (non-hydrogen) atoms. The number of carbonyl (C=O) groups excluding carboxylic acids is 2. The van der Waals surface area contributed by atoms with Crippen LogP contribution in [-0.2, 0) is 4.74 Å². The standard InChI is InChI=1S/C24H30ClN3O4/c1-24(2,3)32-23(30)28-14-13-21(20(15-28)16-5-11-19(31-4)12-6-16)27-22(29)26-18-9-7-17(25)8-10-18/h5-12,20-21H,13-15H2,1-4H3,(H2,26,27,29). The van der Waals surface area contributed by atoms with Gasteiger partial charge in [-0.2, -0.15) is 0 Å². The summed E-state index contributed by atoms with van der Waals surface area (Å²) in [6.07, 6.45) is 0.254. The number of likely N-dealkylation sites (tertiary alicyclic amines) is 1.